The number of carbonyl (C=O) groups is 2. The van der Waals surface area contributed by atoms with Crippen LogP contribution in [-0.4, -0.2) is 166 Å². The van der Waals surface area contributed by atoms with Gasteiger partial charge in [-0.1, -0.05) is 0 Å². The summed E-state index contributed by atoms with van der Waals surface area (Å²) < 4.78 is 36.4. The summed E-state index contributed by atoms with van der Waals surface area (Å²) >= 11 is 0. The highest BCUT2D eigenvalue weighted by Crippen LogP contribution is 2.32. The Morgan fingerprint density at radius 2 is 1.24 bits per heavy atom. The van der Waals surface area contributed by atoms with Gasteiger partial charge in [-0.25, -0.2) is 4.79 Å². The second kappa shape index (κ2) is 12.6. The van der Waals surface area contributed by atoms with E-state index in [1.165, 1.54) is 7.11 Å². The van der Waals surface area contributed by atoms with Gasteiger partial charge in [0.05, 0.1) is 6.61 Å². The maximum atomic E-state index is 11.7. The molecule has 3 fully saturated rings. The number of carboxylic acids is 1. The maximum absolute atomic E-state index is 11.7. The molecule has 0 spiro atoms. The molecule has 17 heteroatoms. The van der Waals surface area contributed by atoms with Gasteiger partial charge in [0.25, 0.3) is 0 Å². The first-order valence-electron chi connectivity index (χ1n) is 11.2. The lowest BCUT2D eigenvalue weighted by molar-refractivity contribution is -0.369. The summed E-state index contributed by atoms with van der Waals surface area (Å²) in [6.07, 6.45) is -25.5. The lowest BCUT2D eigenvalue weighted by Crippen LogP contribution is -2.66. The van der Waals surface area contributed by atoms with Crippen molar-refractivity contribution in [3.63, 3.8) is 0 Å². The predicted molar refractivity (Wildman–Crippen MR) is 110 cm³/mol. The van der Waals surface area contributed by atoms with Crippen LogP contribution < -0.4 is 0 Å². The topological polar surface area (TPSA) is 261 Å². The van der Waals surface area contributed by atoms with E-state index in [4.69, 9.17) is 33.2 Å². The summed E-state index contributed by atoms with van der Waals surface area (Å²) in [4.78, 5) is 23.4. The molecule has 0 bridgehead atoms. The van der Waals surface area contributed by atoms with E-state index in [1.807, 2.05) is 0 Å². The molecule has 3 saturated heterocycles. The van der Waals surface area contributed by atoms with Crippen molar-refractivity contribution in [2.24, 2.45) is 0 Å². The van der Waals surface area contributed by atoms with Gasteiger partial charge in [-0.15, -0.1) is 0 Å². The van der Waals surface area contributed by atoms with Gasteiger partial charge in [0.2, 0.25) is 0 Å². The van der Waals surface area contributed by atoms with Crippen LogP contribution in [0.4, 0.5) is 0 Å². The lowest BCUT2D eigenvalue weighted by atomic mass is 9.96. The molecule has 17 nitrogen and oxygen atoms in total. The molecule has 0 aromatic rings. The van der Waals surface area contributed by atoms with Crippen LogP contribution >= 0.6 is 0 Å². The monoisotopic (exact) mass is 544 g/mol. The molecule has 8 N–H and O–H groups in total. The Labute approximate surface area is 209 Å². The molecule has 0 radical (unpaired) electrons. The fourth-order valence-corrected chi connectivity index (χ4v) is 4.39. The highest BCUT2D eigenvalue weighted by atomic mass is 16.8. The molecule has 3 aliphatic heterocycles. The zero-order chi connectivity index (χ0) is 27.6. The van der Waals surface area contributed by atoms with E-state index in [2.05, 4.69) is 0 Å². The average molecular weight is 544 g/mol. The summed E-state index contributed by atoms with van der Waals surface area (Å²) in [6, 6.07) is 0. The van der Waals surface area contributed by atoms with Crippen LogP contribution in [0.15, 0.2) is 0 Å². The number of aliphatic hydroxyl groups excluding tert-OH is 7. The summed E-state index contributed by atoms with van der Waals surface area (Å²) in [6.45, 7) is -0.645. The van der Waals surface area contributed by atoms with Crippen molar-refractivity contribution in [3.8, 4) is 0 Å². The van der Waals surface area contributed by atoms with Gasteiger partial charge >= 0.3 is 5.97 Å². The van der Waals surface area contributed by atoms with Crippen molar-refractivity contribution < 1.29 is 83.6 Å². The van der Waals surface area contributed by atoms with Crippen molar-refractivity contribution in [2.75, 3.05) is 20.8 Å². The Bertz CT molecular complexity index is 767. The molecule has 0 aromatic heterocycles. The van der Waals surface area contributed by atoms with Crippen molar-refractivity contribution in [1.82, 2.24) is 0 Å². The molecule has 37 heavy (non-hydrogen) atoms. The Morgan fingerprint density at radius 1 is 0.730 bits per heavy atom. The standard InChI is InChI=1S/C20H32O17/c1-31-13-5(3-21)33-19(11(27)7(13)23)35-14-6(4-22)34-20(12(28)8(14)24)36-15-9(25)10(26)18(32-2)37-16(15)17(29)30/h4-16,18-21,23-28H,3H2,1-2H3,(H,29,30)/t5-,6+,7-,8+,9-,10-,11-,12+,13-,14?,15?,16+,18+,19?,20?/m1/s1. The van der Waals surface area contributed by atoms with Crippen LogP contribution in [0.1, 0.15) is 0 Å². The highest BCUT2D eigenvalue weighted by Gasteiger charge is 2.54. The van der Waals surface area contributed by atoms with E-state index in [-0.39, 0.29) is 6.29 Å². The number of hydrogen-bond donors (Lipinski definition) is 8. The third-order valence-electron chi connectivity index (χ3n) is 6.41. The van der Waals surface area contributed by atoms with Crippen LogP contribution in [0.5, 0.6) is 0 Å². The SMILES string of the molecule is CO[C@H]1O[C@H](C(=O)O)C(OC2O[C@@H](C=O)C(OC3O[C@H](CO)[C@@H](OC)[C@H](O)[C@H]3O)[C@@H](O)[C@@H]2O)[C@H](O)[C@H]1O. The molecule has 0 amide bonds. The number of aliphatic carboxylic acids is 1. The van der Waals surface area contributed by atoms with Crippen LogP contribution in [-0.2, 0) is 42.7 Å². The molecule has 0 aliphatic carbocycles. The van der Waals surface area contributed by atoms with Crippen LogP contribution in [0.25, 0.3) is 0 Å². The summed E-state index contributed by atoms with van der Waals surface area (Å²) in [5.74, 6) is -1.62. The van der Waals surface area contributed by atoms with Crippen LogP contribution in [0.3, 0.4) is 0 Å². The Hall–Kier alpha value is -1.42. The van der Waals surface area contributed by atoms with Crippen LogP contribution in [0, 0.1) is 0 Å². The van der Waals surface area contributed by atoms with E-state index in [9.17, 15) is 50.4 Å². The van der Waals surface area contributed by atoms with E-state index in [0.717, 1.165) is 7.11 Å². The van der Waals surface area contributed by atoms with Gasteiger partial charge in [0, 0.05) is 14.2 Å². The molecule has 214 valence electrons. The molecule has 3 heterocycles. The predicted octanol–water partition coefficient (Wildman–Crippen LogP) is -5.97. The van der Waals surface area contributed by atoms with Gasteiger partial charge < -0.3 is 78.8 Å². The third-order valence-corrected chi connectivity index (χ3v) is 6.41. The van der Waals surface area contributed by atoms with Crippen molar-refractivity contribution in [1.29, 1.82) is 0 Å². The summed E-state index contributed by atoms with van der Waals surface area (Å²) in [5.41, 5.74) is 0. The second-order valence-electron chi connectivity index (χ2n) is 8.67. The Morgan fingerprint density at radius 3 is 1.76 bits per heavy atom. The normalized spacial score (nSPS) is 48.9. The summed E-state index contributed by atoms with van der Waals surface area (Å²) in [5, 5.41) is 81.3. The van der Waals surface area contributed by atoms with Gasteiger partial charge in [0.1, 0.15) is 67.1 Å². The number of carboxylic acid groups (broad SMARTS) is 1. The molecular formula is C20H32O17. The minimum Gasteiger partial charge on any atom is -0.479 e. The zero-order valence-corrected chi connectivity index (χ0v) is 19.7. The number of aldehydes is 1. The third kappa shape index (κ3) is 5.94. The Kier molecular flexibility index (Phi) is 10.3. The molecular weight excluding hydrogens is 512 g/mol. The van der Waals surface area contributed by atoms with E-state index in [0.29, 0.717) is 0 Å². The molecule has 4 unspecified atom stereocenters. The number of ether oxygens (including phenoxy) is 7. The first-order chi connectivity index (χ1) is 17.5. The molecule has 3 rings (SSSR count). The van der Waals surface area contributed by atoms with Crippen molar-refractivity contribution in [3.05, 3.63) is 0 Å². The van der Waals surface area contributed by atoms with Gasteiger partial charge in [-0.05, 0) is 0 Å². The van der Waals surface area contributed by atoms with Crippen LogP contribution in [0.2, 0.25) is 0 Å². The zero-order valence-electron chi connectivity index (χ0n) is 19.7. The summed E-state index contributed by atoms with van der Waals surface area (Å²) in [7, 11) is 2.31. The van der Waals surface area contributed by atoms with E-state index >= 15 is 0 Å². The van der Waals surface area contributed by atoms with Gasteiger partial charge in [-0.2, -0.15) is 0 Å². The largest absolute Gasteiger partial charge is 0.479 e. The second-order valence-corrected chi connectivity index (χ2v) is 8.67. The number of rotatable bonds is 9. The number of aliphatic hydroxyl groups is 7. The number of methoxy groups -OCH3 is 2. The molecule has 0 aromatic carbocycles. The first kappa shape index (κ1) is 30.1. The Balaban J connectivity index is 1.75. The fourth-order valence-electron chi connectivity index (χ4n) is 4.39. The van der Waals surface area contributed by atoms with Crippen molar-refractivity contribution in [2.45, 2.75) is 92.1 Å². The minimum absolute atomic E-state index is 0.154. The molecule has 3 aliphatic rings. The quantitative estimate of drug-likeness (QED) is 0.126. The van der Waals surface area contributed by atoms with Gasteiger partial charge in [0.15, 0.2) is 31.3 Å². The van der Waals surface area contributed by atoms with E-state index < -0.39 is 105 Å². The van der Waals surface area contributed by atoms with Gasteiger partial charge in [-0.3, -0.25) is 0 Å². The maximum Gasteiger partial charge on any atom is 0.335 e. The first-order valence-corrected chi connectivity index (χ1v) is 11.2. The molecule has 0 saturated carbocycles. The smallest absolute Gasteiger partial charge is 0.335 e. The lowest BCUT2D eigenvalue weighted by Gasteiger charge is -2.47. The van der Waals surface area contributed by atoms with E-state index in [1.54, 1.807) is 0 Å². The molecule has 15 atom stereocenters. The highest BCUT2D eigenvalue weighted by molar-refractivity contribution is 5.73. The number of hydrogen-bond acceptors (Lipinski definition) is 16. The average Bonchev–Trinajstić information content (AvgIpc) is 2.88. The fraction of sp³-hybridized carbons (Fsp3) is 0.900. The van der Waals surface area contributed by atoms with Crippen molar-refractivity contribution >= 4 is 12.3 Å². The number of carbonyl (C=O) groups excluding carboxylic acids is 1. The minimum atomic E-state index is -2.02.